The van der Waals surface area contributed by atoms with Gasteiger partial charge in [0, 0.05) is 44.0 Å². The molecule has 1 aliphatic carbocycles. The van der Waals surface area contributed by atoms with E-state index in [1.807, 2.05) is 24.3 Å². The Hall–Kier alpha value is -6.58. The first-order valence-corrected chi connectivity index (χ1v) is 17.5. The molecule has 0 saturated carbocycles. The molecule has 242 valence electrons. The number of allylic oxidation sites excluding steroid dienone is 2. The summed E-state index contributed by atoms with van der Waals surface area (Å²) >= 11 is 0. The van der Waals surface area contributed by atoms with Crippen LogP contribution in [0.4, 0.5) is 11.4 Å². The molecule has 9 aromatic rings. The summed E-state index contributed by atoms with van der Waals surface area (Å²) < 4.78 is 12.8. The third-order valence-corrected chi connectivity index (χ3v) is 10.2. The van der Waals surface area contributed by atoms with Gasteiger partial charge in [0.05, 0.1) is 6.04 Å². The van der Waals surface area contributed by atoms with Gasteiger partial charge in [0.1, 0.15) is 22.3 Å². The highest BCUT2D eigenvalue weighted by atomic mass is 16.3. The monoisotopic (exact) mass is 655 g/mol. The molecular formula is C48H33NO2. The van der Waals surface area contributed by atoms with Gasteiger partial charge in [0.25, 0.3) is 0 Å². The molecule has 0 radical (unpaired) electrons. The number of benzene rings is 7. The zero-order chi connectivity index (χ0) is 33.7. The van der Waals surface area contributed by atoms with E-state index in [0.717, 1.165) is 78.4 Å². The SMILES string of the molecule is C1=CC(N(c2ccc(-c3ccccc3)cc2)c2ccc(-c3cccc4c3oc3ccccc34)cc2)CC=C1c1cccc2c1oc1ccccc12. The van der Waals surface area contributed by atoms with Gasteiger partial charge in [-0.3, -0.25) is 0 Å². The third kappa shape index (κ3) is 5.05. The van der Waals surface area contributed by atoms with E-state index < -0.39 is 0 Å². The van der Waals surface area contributed by atoms with Gasteiger partial charge in [0.2, 0.25) is 0 Å². The van der Waals surface area contributed by atoms with Gasteiger partial charge in [0.15, 0.2) is 0 Å². The van der Waals surface area contributed by atoms with Crippen molar-refractivity contribution < 1.29 is 8.83 Å². The fourth-order valence-corrected chi connectivity index (χ4v) is 7.73. The van der Waals surface area contributed by atoms with E-state index in [9.17, 15) is 0 Å². The van der Waals surface area contributed by atoms with Crippen LogP contribution in [0.2, 0.25) is 0 Å². The molecule has 3 heteroatoms. The number of hydrogen-bond acceptors (Lipinski definition) is 3. The number of hydrogen-bond donors (Lipinski definition) is 0. The third-order valence-electron chi connectivity index (χ3n) is 10.2. The Morgan fingerprint density at radius 2 is 0.941 bits per heavy atom. The van der Waals surface area contributed by atoms with Crippen molar-refractivity contribution in [3.63, 3.8) is 0 Å². The van der Waals surface area contributed by atoms with Crippen molar-refractivity contribution in [2.24, 2.45) is 0 Å². The van der Waals surface area contributed by atoms with Crippen molar-refractivity contribution in [1.29, 1.82) is 0 Å². The van der Waals surface area contributed by atoms with Crippen molar-refractivity contribution >= 4 is 60.8 Å². The highest BCUT2D eigenvalue weighted by Gasteiger charge is 2.23. The Kier molecular flexibility index (Phi) is 6.95. The maximum atomic E-state index is 6.40. The second kappa shape index (κ2) is 12.1. The van der Waals surface area contributed by atoms with Crippen LogP contribution in [0.25, 0.3) is 71.7 Å². The van der Waals surface area contributed by atoms with Gasteiger partial charge in [-0.2, -0.15) is 0 Å². The standard InChI is InChI=1S/C48H33NO2/c1-2-10-32(11-3-1)33-20-26-36(27-21-33)49(37-28-22-34(23-29-37)39-14-8-16-43-41-12-4-6-18-45(41)50-47(39)43)38-30-24-35(25-31-38)40-15-9-17-44-42-13-5-7-19-46(42)51-48(40)44/h1-30,38H,31H2. The fraction of sp³-hybridized carbons (Fsp3) is 0.0417. The molecule has 7 aromatic carbocycles. The molecule has 1 aliphatic rings. The molecule has 0 aliphatic heterocycles. The van der Waals surface area contributed by atoms with Crippen LogP contribution in [0.15, 0.2) is 191 Å². The van der Waals surface area contributed by atoms with Crippen LogP contribution >= 0.6 is 0 Å². The second-order valence-electron chi connectivity index (χ2n) is 13.2. The molecule has 0 fully saturated rings. The van der Waals surface area contributed by atoms with Crippen molar-refractivity contribution in [3.8, 4) is 22.3 Å². The minimum absolute atomic E-state index is 0.121. The molecule has 0 N–H and O–H groups in total. The van der Waals surface area contributed by atoms with E-state index in [1.54, 1.807) is 0 Å². The van der Waals surface area contributed by atoms with E-state index in [-0.39, 0.29) is 6.04 Å². The number of para-hydroxylation sites is 4. The summed E-state index contributed by atoms with van der Waals surface area (Å²) in [7, 11) is 0. The smallest absolute Gasteiger partial charge is 0.143 e. The number of fused-ring (bicyclic) bond motifs is 6. The van der Waals surface area contributed by atoms with Crippen LogP contribution in [-0.4, -0.2) is 6.04 Å². The lowest BCUT2D eigenvalue weighted by atomic mass is 9.94. The Labute approximate surface area is 296 Å². The molecule has 2 aromatic heterocycles. The predicted octanol–water partition coefficient (Wildman–Crippen LogP) is 13.4. The molecule has 1 unspecified atom stereocenters. The second-order valence-corrected chi connectivity index (χ2v) is 13.2. The van der Waals surface area contributed by atoms with Crippen molar-refractivity contribution in [2.75, 3.05) is 4.90 Å². The molecule has 0 amide bonds. The minimum atomic E-state index is 0.121. The Morgan fingerprint density at radius 3 is 1.55 bits per heavy atom. The first-order chi connectivity index (χ1) is 25.3. The molecule has 1 atom stereocenters. The Bertz CT molecular complexity index is 2760. The molecule has 3 nitrogen and oxygen atoms in total. The van der Waals surface area contributed by atoms with Crippen molar-refractivity contribution in [1.82, 2.24) is 0 Å². The Balaban J connectivity index is 1.02. The highest BCUT2D eigenvalue weighted by molar-refractivity contribution is 6.10. The molecule has 2 heterocycles. The average molecular weight is 656 g/mol. The first kappa shape index (κ1) is 29.3. The van der Waals surface area contributed by atoms with Gasteiger partial charge >= 0.3 is 0 Å². The maximum absolute atomic E-state index is 6.40. The van der Waals surface area contributed by atoms with Gasteiger partial charge in [-0.05, 0) is 65.1 Å². The lowest BCUT2D eigenvalue weighted by molar-refractivity contribution is 0.667. The lowest BCUT2D eigenvalue weighted by Gasteiger charge is -2.33. The van der Waals surface area contributed by atoms with Crippen LogP contribution in [0.1, 0.15) is 12.0 Å². The maximum Gasteiger partial charge on any atom is 0.143 e. The quantitative estimate of drug-likeness (QED) is 0.179. The molecule has 0 spiro atoms. The van der Waals surface area contributed by atoms with Gasteiger partial charge in [-0.1, -0.05) is 146 Å². The van der Waals surface area contributed by atoms with Crippen LogP contribution < -0.4 is 4.90 Å². The predicted molar refractivity (Wildman–Crippen MR) is 212 cm³/mol. The molecule has 51 heavy (non-hydrogen) atoms. The van der Waals surface area contributed by atoms with Crippen LogP contribution in [-0.2, 0) is 0 Å². The summed E-state index contributed by atoms with van der Waals surface area (Å²) in [6.45, 7) is 0. The molecule has 0 bridgehead atoms. The van der Waals surface area contributed by atoms with E-state index >= 15 is 0 Å². The van der Waals surface area contributed by atoms with Gasteiger partial charge < -0.3 is 13.7 Å². The largest absolute Gasteiger partial charge is 0.455 e. The molecular weight excluding hydrogens is 623 g/mol. The van der Waals surface area contributed by atoms with E-state index in [1.165, 1.54) is 16.7 Å². The summed E-state index contributed by atoms with van der Waals surface area (Å²) in [6.07, 6.45) is 7.81. The average Bonchev–Trinajstić information content (AvgIpc) is 3.78. The van der Waals surface area contributed by atoms with Gasteiger partial charge in [-0.15, -0.1) is 0 Å². The van der Waals surface area contributed by atoms with Crippen LogP contribution in [0, 0.1) is 0 Å². The summed E-state index contributed by atoms with van der Waals surface area (Å²) in [6, 6.07) is 58.0. The normalized spacial score (nSPS) is 14.4. The van der Waals surface area contributed by atoms with E-state index in [0.29, 0.717) is 0 Å². The summed E-state index contributed by atoms with van der Waals surface area (Å²) in [5.74, 6) is 0. The summed E-state index contributed by atoms with van der Waals surface area (Å²) in [5, 5.41) is 4.58. The number of rotatable bonds is 6. The molecule has 0 saturated heterocycles. The summed E-state index contributed by atoms with van der Waals surface area (Å²) in [5.41, 5.74) is 12.9. The summed E-state index contributed by atoms with van der Waals surface area (Å²) in [4.78, 5) is 2.45. The van der Waals surface area contributed by atoms with Crippen LogP contribution in [0.3, 0.4) is 0 Å². The van der Waals surface area contributed by atoms with Crippen LogP contribution in [0.5, 0.6) is 0 Å². The zero-order valence-electron chi connectivity index (χ0n) is 27.9. The first-order valence-electron chi connectivity index (χ1n) is 17.5. The highest BCUT2D eigenvalue weighted by Crippen LogP contribution is 2.40. The fourth-order valence-electron chi connectivity index (χ4n) is 7.73. The minimum Gasteiger partial charge on any atom is -0.455 e. The lowest BCUT2D eigenvalue weighted by Crippen LogP contribution is -2.30. The Morgan fingerprint density at radius 1 is 0.431 bits per heavy atom. The van der Waals surface area contributed by atoms with Gasteiger partial charge in [-0.25, -0.2) is 0 Å². The van der Waals surface area contributed by atoms with E-state index in [4.69, 9.17) is 8.83 Å². The van der Waals surface area contributed by atoms with Crippen molar-refractivity contribution in [2.45, 2.75) is 12.5 Å². The zero-order valence-corrected chi connectivity index (χ0v) is 27.9. The number of nitrogens with zero attached hydrogens (tertiary/aromatic N) is 1. The molecule has 10 rings (SSSR count). The number of anilines is 2. The van der Waals surface area contributed by atoms with E-state index in [2.05, 4.69) is 163 Å². The van der Waals surface area contributed by atoms with Crippen molar-refractivity contribution in [3.05, 3.63) is 188 Å². The topological polar surface area (TPSA) is 29.5 Å². The number of furan rings is 2.